The Bertz CT molecular complexity index is 961. The third-order valence-corrected chi connectivity index (χ3v) is 3.90. The summed E-state index contributed by atoms with van der Waals surface area (Å²) < 4.78 is 10.2. The van der Waals surface area contributed by atoms with Gasteiger partial charge in [-0.25, -0.2) is 4.79 Å². The number of ether oxygens (including phenoxy) is 2. The highest BCUT2D eigenvalue weighted by molar-refractivity contribution is 5.98. The Morgan fingerprint density at radius 1 is 0.920 bits per heavy atom. The Morgan fingerprint density at radius 3 is 2.28 bits per heavy atom. The van der Waals surface area contributed by atoms with Crippen molar-refractivity contribution in [2.45, 2.75) is 0 Å². The van der Waals surface area contributed by atoms with E-state index >= 15 is 0 Å². The molecule has 0 bridgehead atoms. The second kappa shape index (κ2) is 7.05. The molecule has 1 heterocycles. The van der Waals surface area contributed by atoms with Gasteiger partial charge in [0.05, 0.1) is 14.2 Å². The molecule has 3 aromatic rings. The molecular formula is C20H17NO4. The Hall–Kier alpha value is -3.34. The molecule has 0 aliphatic heterocycles. The van der Waals surface area contributed by atoms with Gasteiger partial charge in [0.1, 0.15) is 11.3 Å². The van der Waals surface area contributed by atoms with Crippen LogP contribution in [-0.2, 0) is 4.74 Å². The Labute approximate surface area is 144 Å². The largest absolute Gasteiger partial charge is 0.496 e. The van der Waals surface area contributed by atoms with Crippen LogP contribution >= 0.6 is 0 Å². The summed E-state index contributed by atoms with van der Waals surface area (Å²) in [4.78, 5) is 27.6. The van der Waals surface area contributed by atoms with Gasteiger partial charge in [0, 0.05) is 16.8 Å². The molecule has 1 aromatic heterocycles. The fourth-order valence-electron chi connectivity index (χ4n) is 2.72. The lowest BCUT2D eigenvalue weighted by atomic mass is 9.97. The van der Waals surface area contributed by atoms with Crippen LogP contribution in [0.15, 0.2) is 65.5 Å². The Kier molecular flexibility index (Phi) is 4.66. The first-order valence-electron chi connectivity index (χ1n) is 7.70. The average molecular weight is 335 g/mol. The van der Waals surface area contributed by atoms with Gasteiger partial charge in [0.25, 0.3) is 5.56 Å². The minimum absolute atomic E-state index is 0.0494. The van der Waals surface area contributed by atoms with Gasteiger partial charge < -0.3 is 14.5 Å². The summed E-state index contributed by atoms with van der Waals surface area (Å²) in [5.41, 5.74) is 2.01. The highest BCUT2D eigenvalue weighted by Gasteiger charge is 2.21. The van der Waals surface area contributed by atoms with E-state index < -0.39 is 11.5 Å². The molecule has 126 valence electrons. The van der Waals surface area contributed by atoms with E-state index in [4.69, 9.17) is 9.47 Å². The lowest BCUT2D eigenvalue weighted by molar-refractivity contribution is 0.0599. The summed E-state index contributed by atoms with van der Waals surface area (Å²) >= 11 is 0. The molecule has 0 atom stereocenters. The molecular weight excluding hydrogens is 318 g/mol. The molecule has 0 saturated heterocycles. The van der Waals surface area contributed by atoms with E-state index in [0.717, 1.165) is 5.56 Å². The third-order valence-electron chi connectivity index (χ3n) is 3.90. The first kappa shape index (κ1) is 16.5. The van der Waals surface area contributed by atoms with Crippen molar-refractivity contribution in [2.75, 3.05) is 14.2 Å². The number of pyridine rings is 1. The van der Waals surface area contributed by atoms with Crippen molar-refractivity contribution in [3.8, 4) is 28.1 Å². The van der Waals surface area contributed by atoms with Crippen LogP contribution in [0.25, 0.3) is 22.4 Å². The van der Waals surface area contributed by atoms with Crippen molar-refractivity contribution in [3.05, 3.63) is 76.6 Å². The third kappa shape index (κ3) is 3.17. The number of carbonyl (C=O) groups excluding carboxylic acids is 1. The maximum absolute atomic E-state index is 12.6. The zero-order valence-electron chi connectivity index (χ0n) is 13.9. The molecule has 0 fully saturated rings. The number of hydrogen-bond acceptors (Lipinski definition) is 4. The average Bonchev–Trinajstić information content (AvgIpc) is 2.67. The molecule has 0 aliphatic rings. The number of hydrogen-bond donors (Lipinski definition) is 1. The second-order valence-electron chi connectivity index (χ2n) is 5.36. The van der Waals surface area contributed by atoms with E-state index in [1.54, 1.807) is 25.3 Å². The molecule has 0 amide bonds. The summed E-state index contributed by atoms with van der Waals surface area (Å²) in [7, 11) is 2.79. The zero-order valence-corrected chi connectivity index (χ0v) is 13.9. The minimum atomic E-state index is -0.693. The molecule has 0 radical (unpaired) electrons. The second-order valence-corrected chi connectivity index (χ2v) is 5.36. The first-order valence-corrected chi connectivity index (χ1v) is 7.70. The van der Waals surface area contributed by atoms with Crippen molar-refractivity contribution in [1.29, 1.82) is 0 Å². The van der Waals surface area contributed by atoms with E-state index in [2.05, 4.69) is 4.98 Å². The van der Waals surface area contributed by atoms with Gasteiger partial charge in [-0.05, 0) is 17.7 Å². The van der Waals surface area contributed by atoms with Crippen LogP contribution in [0.1, 0.15) is 10.4 Å². The van der Waals surface area contributed by atoms with Gasteiger partial charge in [0.2, 0.25) is 0 Å². The SMILES string of the molecule is COC(=O)c1c(-c2ccccc2OC)cc(-c2ccccc2)[nH]c1=O. The van der Waals surface area contributed by atoms with Crippen LogP contribution < -0.4 is 10.3 Å². The summed E-state index contributed by atoms with van der Waals surface area (Å²) in [5.74, 6) is -0.126. The van der Waals surface area contributed by atoms with Gasteiger partial charge >= 0.3 is 5.97 Å². The molecule has 0 spiro atoms. The van der Waals surface area contributed by atoms with Gasteiger partial charge in [-0.1, -0.05) is 48.5 Å². The number of esters is 1. The summed E-state index contributed by atoms with van der Waals surface area (Å²) in [6.07, 6.45) is 0. The molecule has 0 aliphatic carbocycles. The number of carbonyl (C=O) groups is 1. The lowest BCUT2D eigenvalue weighted by Gasteiger charge is -2.13. The number of methoxy groups -OCH3 is 2. The van der Waals surface area contributed by atoms with E-state index in [9.17, 15) is 9.59 Å². The maximum Gasteiger partial charge on any atom is 0.344 e. The summed E-state index contributed by atoms with van der Waals surface area (Å²) in [6.45, 7) is 0. The van der Waals surface area contributed by atoms with Gasteiger partial charge in [-0.3, -0.25) is 4.79 Å². The van der Waals surface area contributed by atoms with Crippen LogP contribution in [0, 0.1) is 0 Å². The molecule has 0 unspecified atom stereocenters. The monoisotopic (exact) mass is 335 g/mol. The molecule has 2 aromatic carbocycles. The molecule has 5 heteroatoms. The normalized spacial score (nSPS) is 10.3. The number of H-pyrrole nitrogens is 1. The quantitative estimate of drug-likeness (QED) is 0.741. The van der Waals surface area contributed by atoms with Gasteiger partial charge in [0.15, 0.2) is 0 Å². The molecule has 1 N–H and O–H groups in total. The van der Waals surface area contributed by atoms with Gasteiger partial charge in [-0.2, -0.15) is 0 Å². The number of benzene rings is 2. The van der Waals surface area contributed by atoms with Crippen molar-refractivity contribution >= 4 is 5.97 Å². The number of aromatic nitrogens is 1. The van der Waals surface area contributed by atoms with Crippen LogP contribution in [0.2, 0.25) is 0 Å². The van der Waals surface area contributed by atoms with Crippen molar-refractivity contribution in [2.24, 2.45) is 0 Å². The smallest absolute Gasteiger partial charge is 0.344 e. The predicted octanol–water partition coefficient (Wildman–Crippen LogP) is 3.50. The van der Waals surface area contributed by atoms with Crippen LogP contribution in [-0.4, -0.2) is 25.2 Å². The highest BCUT2D eigenvalue weighted by atomic mass is 16.5. The van der Waals surface area contributed by atoms with Crippen LogP contribution in [0.5, 0.6) is 5.75 Å². The zero-order chi connectivity index (χ0) is 17.8. The van der Waals surface area contributed by atoms with E-state index in [1.165, 1.54) is 7.11 Å². The van der Waals surface area contributed by atoms with Crippen LogP contribution in [0.3, 0.4) is 0 Å². The fourth-order valence-corrected chi connectivity index (χ4v) is 2.72. The van der Waals surface area contributed by atoms with Crippen molar-refractivity contribution in [3.63, 3.8) is 0 Å². The molecule has 25 heavy (non-hydrogen) atoms. The Balaban J connectivity index is 2.32. The summed E-state index contributed by atoms with van der Waals surface area (Å²) in [5, 5.41) is 0. The van der Waals surface area contributed by atoms with E-state index in [0.29, 0.717) is 22.6 Å². The molecule has 0 saturated carbocycles. The topological polar surface area (TPSA) is 68.4 Å². The highest BCUT2D eigenvalue weighted by Crippen LogP contribution is 2.33. The first-order chi connectivity index (χ1) is 12.2. The number of nitrogens with one attached hydrogen (secondary N) is 1. The number of rotatable bonds is 4. The van der Waals surface area contributed by atoms with Crippen molar-refractivity contribution < 1.29 is 14.3 Å². The Morgan fingerprint density at radius 2 is 1.60 bits per heavy atom. The number of para-hydroxylation sites is 1. The standard InChI is InChI=1S/C20H17NO4/c1-24-17-11-7-6-10-14(17)15-12-16(13-8-4-3-5-9-13)21-19(22)18(15)20(23)25-2/h3-12H,1-2H3,(H,21,22). The fraction of sp³-hybridized carbons (Fsp3) is 0.100. The lowest BCUT2D eigenvalue weighted by Crippen LogP contribution is -2.21. The van der Waals surface area contributed by atoms with E-state index in [-0.39, 0.29) is 5.56 Å². The van der Waals surface area contributed by atoms with Gasteiger partial charge in [-0.15, -0.1) is 0 Å². The van der Waals surface area contributed by atoms with Crippen molar-refractivity contribution in [1.82, 2.24) is 4.98 Å². The minimum Gasteiger partial charge on any atom is -0.496 e. The summed E-state index contributed by atoms with van der Waals surface area (Å²) in [6, 6.07) is 18.4. The number of aromatic amines is 1. The van der Waals surface area contributed by atoms with Crippen LogP contribution in [0.4, 0.5) is 0 Å². The predicted molar refractivity (Wildman–Crippen MR) is 95.8 cm³/mol. The maximum atomic E-state index is 12.6. The van der Waals surface area contributed by atoms with E-state index in [1.807, 2.05) is 42.5 Å². The molecule has 3 rings (SSSR count). The molecule has 5 nitrogen and oxygen atoms in total.